The maximum absolute atomic E-state index is 11.0. The fraction of sp³-hybridized carbons (Fsp3) is 0.333. The molecule has 0 radical (unpaired) electrons. The van der Waals surface area contributed by atoms with Crippen molar-refractivity contribution in [1.29, 1.82) is 0 Å². The minimum Gasteiger partial charge on any atom is -0.464 e. The third-order valence-corrected chi connectivity index (χ3v) is 3.61. The van der Waals surface area contributed by atoms with E-state index in [-0.39, 0.29) is 5.97 Å². The summed E-state index contributed by atoms with van der Waals surface area (Å²) in [5.74, 6) is -0.362. The molecule has 11 heavy (non-hydrogen) atoms. The first-order valence-corrected chi connectivity index (χ1v) is 4.72. The number of aryl methyl sites for hydroxylation is 1. The van der Waals surface area contributed by atoms with Crippen molar-refractivity contribution in [2.45, 2.75) is 6.92 Å². The van der Waals surface area contributed by atoms with Crippen molar-refractivity contribution < 1.29 is 9.53 Å². The van der Waals surface area contributed by atoms with Crippen LogP contribution in [0.25, 0.3) is 0 Å². The number of ether oxygens (including phenoxy) is 1. The summed E-state index contributed by atoms with van der Waals surface area (Å²) in [5, 5.41) is 0. The summed E-state index contributed by atoms with van der Waals surface area (Å²) in [6, 6.07) is 0. The van der Waals surface area contributed by atoms with Gasteiger partial charge in [0.25, 0.3) is 0 Å². The highest BCUT2D eigenvalue weighted by atomic mass is 127. The Balaban J connectivity index is 3.04. The van der Waals surface area contributed by atoms with Crippen LogP contribution < -0.4 is 0 Å². The van der Waals surface area contributed by atoms with Crippen LogP contribution in [-0.2, 0) is 4.74 Å². The summed E-state index contributed by atoms with van der Waals surface area (Å²) >= 11 is 3.40. The molecule has 0 spiro atoms. The Morgan fingerprint density at radius 3 is 2.73 bits per heavy atom. The predicted octanol–water partition coefficient (Wildman–Crippen LogP) is 1.84. The highest BCUT2D eigenvalue weighted by Gasteiger charge is 2.15. The van der Waals surface area contributed by atoms with Crippen molar-refractivity contribution in [3.8, 4) is 0 Å². The summed E-state index contributed by atoms with van der Waals surface area (Å²) < 4.78 is 9.36. The van der Waals surface area contributed by atoms with Crippen molar-refractivity contribution in [2.75, 3.05) is 7.11 Å². The smallest absolute Gasteiger partial charge is 0.358 e. The summed E-state index contributed by atoms with van der Waals surface area (Å²) in [4.78, 5) is 12.0. The third kappa shape index (κ3) is 1.70. The Hall–Kier alpha value is -0.170. The lowest BCUT2D eigenvalue weighted by atomic mass is 10.4. The van der Waals surface area contributed by atoms with Gasteiger partial charge >= 0.3 is 5.97 Å². The minimum absolute atomic E-state index is 0.362. The van der Waals surface area contributed by atoms with Crippen LogP contribution >= 0.6 is 34.1 Å². The molecule has 60 valence electrons. The number of carbonyl (C=O) groups is 1. The molecule has 0 bridgehead atoms. The molecular weight excluding hydrogens is 277 g/mol. The van der Waals surface area contributed by atoms with E-state index in [1.807, 2.05) is 6.92 Å². The topological polar surface area (TPSA) is 39.2 Å². The van der Waals surface area contributed by atoms with Gasteiger partial charge in [-0.3, -0.25) is 0 Å². The second-order valence-corrected chi connectivity index (χ2v) is 3.95. The molecule has 3 nitrogen and oxygen atoms in total. The molecule has 0 N–H and O–H groups in total. The molecular formula is C6H6INO2S. The van der Waals surface area contributed by atoms with Gasteiger partial charge in [-0.25, -0.2) is 4.79 Å². The lowest BCUT2D eigenvalue weighted by Crippen LogP contribution is -2.03. The van der Waals surface area contributed by atoms with Crippen molar-refractivity contribution in [3.63, 3.8) is 0 Å². The molecule has 0 aliphatic rings. The number of hydrogen-bond acceptors (Lipinski definition) is 4. The van der Waals surface area contributed by atoms with E-state index in [0.717, 1.165) is 8.45 Å². The number of methoxy groups -OCH3 is 1. The zero-order chi connectivity index (χ0) is 8.43. The Kier molecular flexibility index (Phi) is 2.83. The van der Waals surface area contributed by atoms with Gasteiger partial charge in [0.2, 0.25) is 0 Å². The molecule has 0 atom stereocenters. The van der Waals surface area contributed by atoms with Crippen molar-refractivity contribution >= 4 is 40.1 Å². The zero-order valence-electron chi connectivity index (χ0n) is 6.05. The largest absolute Gasteiger partial charge is 0.464 e. The summed E-state index contributed by atoms with van der Waals surface area (Å²) in [6.07, 6.45) is 0. The number of nitrogens with zero attached hydrogens (tertiary/aromatic N) is 1. The number of aromatic nitrogens is 1. The predicted molar refractivity (Wildman–Crippen MR) is 50.9 cm³/mol. The fourth-order valence-corrected chi connectivity index (χ4v) is 1.96. The van der Waals surface area contributed by atoms with E-state index in [1.165, 1.54) is 18.6 Å². The van der Waals surface area contributed by atoms with Crippen LogP contribution in [0.1, 0.15) is 15.4 Å². The Morgan fingerprint density at radius 2 is 2.36 bits per heavy atom. The van der Waals surface area contributed by atoms with E-state index < -0.39 is 0 Å². The highest BCUT2D eigenvalue weighted by Crippen LogP contribution is 2.20. The highest BCUT2D eigenvalue weighted by molar-refractivity contribution is 14.1. The monoisotopic (exact) mass is 283 g/mol. The molecule has 0 aliphatic carbocycles. The summed E-state index contributed by atoms with van der Waals surface area (Å²) in [5.41, 5.74) is 0.426. The molecule has 5 heteroatoms. The first kappa shape index (κ1) is 8.92. The Labute approximate surface area is 82.1 Å². The molecule has 0 amide bonds. The zero-order valence-corrected chi connectivity index (χ0v) is 9.02. The number of rotatable bonds is 1. The van der Waals surface area contributed by atoms with Gasteiger partial charge in [-0.1, -0.05) is 0 Å². The van der Waals surface area contributed by atoms with Crippen molar-refractivity contribution in [1.82, 2.24) is 4.37 Å². The van der Waals surface area contributed by atoms with Crippen molar-refractivity contribution in [2.24, 2.45) is 0 Å². The van der Waals surface area contributed by atoms with Gasteiger partial charge in [-0.2, -0.15) is 4.37 Å². The maximum Gasteiger partial charge on any atom is 0.358 e. The average Bonchev–Trinajstić information content (AvgIpc) is 2.32. The lowest BCUT2D eigenvalue weighted by molar-refractivity contribution is 0.0594. The minimum atomic E-state index is -0.362. The van der Waals surface area contributed by atoms with Crippen LogP contribution in [0.2, 0.25) is 0 Å². The molecule has 1 rings (SSSR count). The van der Waals surface area contributed by atoms with Crippen molar-refractivity contribution in [3.05, 3.63) is 14.1 Å². The van der Waals surface area contributed by atoms with Gasteiger partial charge in [0.1, 0.15) is 0 Å². The molecule has 0 fully saturated rings. The van der Waals surface area contributed by atoms with Gasteiger partial charge in [-0.05, 0) is 41.0 Å². The Morgan fingerprint density at radius 1 is 1.73 bits per heavy atom. The van der Waals surface area contributed by atoms with Crippen LogP contribution in [-0.4, -0.2) is 17.5 Å². The summed E-state index contributed by atoms with van der Waals surface area (Å²) in [6.45, 7) is 1.92. The van der Waals surface area contributed by atoms with E-state index in [1.54, 1.807) is 0 Å². The lowest BCUT2D eigenvalue weighted by Gasteiger charge is -1.93. The van der Waals surface area contributed by atoms with Gasteiger partial charge < -0.3 is 4.74 Å². The maximum atomic E-state index is 11.0. The quantitative estimate of drug-likeness (QED) is 0.583. The molecule has 1 aromatic heterocycles. The molecule has 0 saturated heterocycles. The fourth-order valence-electron chi connectivity index (χ4n) is 0.585. The number of esters is 1. The second kappa shape index (κ2) is 3.48. The van der Waals surface area contributed by atoms with Crippen LogP contribution in [0.15, 0.2) is 0 Å². The van der Waals surface area contributed by atoms with Crippen LogP contribution in [0.4, 0.5) is 0 Å². The Bertz CT molecular complexity index is 284. The first-order valence-electron chi connectivity index (χ1n) is 2.87. The SMILES string of the molecule is COC(=O)c1nsc(C)c1I. The number of carbonyl (C=O) groups excluding carboxylic acids is 1. The van der Waals surface area contributed by atoms with Gasteiger partial charge in [0.15, 0.2) is 5.69 Å². The van der Waals surface area contributed by atoms with Crippen LogP contribution in [0, 0.1) is 10.5 Å². The van der Waals surface area contributed by atoms with Crippen LogP contribution in [0.3, 0.4) is 0 Å². The first-order chi connectivity index (χ1) is 5.16. The average molecular weight is 283 g/mol. The summed E-state index contributed by atoms with van der Waals surface area (Å²) in [7, 11) is 1.35. The molecule has 0 aromatic carbocycles. The van der Waals surface area contributed by atoms with E-state index in [9.17, 15) is 4.79 Å². The molecule has 0 aliphatic heterocycles. The molecule has 1 aromatic rings. The van der Waals surface area contributed by atoms with Crippen LogP contribution in [0.5, 0.6) is 0 Å². The normalized spacial score (nSPS) is 9.73. The van der Waals surface area contributed by atoms with Gasteiger partial charge in [0.05, 0.1) is 10.7 Å². The van der Waals surface area contributed by atoms with Gasteiger partial charge in [-0.15, -0.1) is 0 Å². The van der Waals surface area contributed by atoms with Gasteiger partial charge in [0, 0.05) is 4.88 Å². The van der Waals surface area contributed by atoms with E-state index in [0.29, 0.717) is 5.69 Å². The van der Waals surface area contributed by atoms with E-state index in [2.05, 4.69) is 31.7 Å². The van der Waals surface area contributed by atoms with E-state index >= 15 is 0 Å². The molecule has 1 heterocycles. The number of hydrogen-bond donors (Lipinski definition) is 0. The molecule has 0 unspecified atom stereocenters. The van der Waals surface area contributed by atoms with E-state index in [4.69, 9.17) is 0 Å². The molecule has 0 saturated carbocycles. The second-order valence-electron chi connectivity index (χ2n) is 1.89. The number of halogens is 1. The standard InChI is InChI=1S/C6H6INO2S/c1-3-4(7)5(8-11-3)6(9)10-2/h1-2H3. The third-order valence-electron chi connectivity index (χ3n) is 1.17.